The summed E-state index contributed by atoms with van der Waals surface area (Å²) >= 11 is 5.69. The average Bonchev–Trinajstić information content (AvgIpc) is 2.36. The molecule has 2 unspecified atom stereocenters. The fraction of sp³-hybridized carbons (Fsp3) is 0.571. The molecule has 0 amide bonds. The fourth-order valence-corrected chi connectivity index (χ4v) is 3.08. The van der Waals surface area contributed by atoms with Gasteiger partial charge in [0.2, 0.25) is 0 Å². The third-order valence-electron chi connectivity index (χ3n) is 3.89. The molecule has 2 rings (SSSR count). The third kappa shape index (κ3) is 3.12. The lowest BCUT2D eigenvalue weighted by atomic mass is 9.76. The van der Waals surface area contributed by atoms with Gasteiger partial charge in [0.1, 0.15) is 5.82 Å². The zero-order chi connectivity index (χ0) is 14.0. The van der Waals surface area contributed by atoms with E-state index in [1.165, 1.54) is 12.1 Å². The summed E-state index contributed by atoms with van der Waals surface area (Å²) in [5, 5.41) is 13.0. The molecule has 1 aliphatic carbocycles. The van der Waals surface area contributed by atoms with Gasteiger partial charge in [0.25, 0.3) is 0 Å². The average molecular weight is 287 g/mol. The van der Waals surface area contributed by atoms with Crippen LogP contribution in [-0.2, 0) is 0 Å². The first-order chi connectivity index (χ1) is 8.96. The van der Waals surface area contributed by atoms with E-state index in [1.807, 2.05) is 0 Å². The first kappa shape index (κ1) is 14.4. The predicted octanol–water partition coefficient (Wildman–Crippen LogP) is 3.41. The third-order valence-corrected chi connectivity index (χ3v) is 4.18. The summed E-state index contributed by atoms with van der Waals surface area (Å²) in [5.41, 5.74) is 6.35. The Bertz CT molecular complexity index is 469. The lowest BCUT2D eigenvalue weighted by molar-refractivity contribution is 0.149. The van der Waals surface area contributed by atoms with Crippen molar-refractivity contribution in [3.63, 3.8) is 0 Å². The Kier molecular flexibility index (Phi) is 4.21. The molecular weight excluding hydrogens is 267 g/mol. The standard InChI is InChI=1S/C14H20ClFN2O/c1-9-3-2-4-14(7-9,8-19)18-13-6-11(16)10(15)5-12(13)17/h5-6,9,18-19H,2-4,7-8,17H2,1H3. The monoisotopic (exact) mass is 286 g/mol. The minimum absolute atomic E-state index is 0.0121. The van der Waals surface area contributed by atoms with Gasteiger partial charge in [-0.05, 0) is 24.8 Å². The molecule has 106 valence electrons. The molecule has 0 radical (unpaired) electrons. The molecule has 1 aromatic rings. The van der Waals surface area contributed by atoms with E-state index >= 15 is 0 Å². The molecule has 1 aliphatic rings. The van der Waals surface area contributed by atoms with Crippen LogP contribution in [0.3, 0.4) is 0 Å². The number of rotatable bonds is 3. The molecule has 0 heterocycles. The van der Waals surface area contributed by atoms with E-state index < -0.39 is 11.4 Å². The molecule has 0 bridgehead atoms. The van der Waals surface area contributed by atoms with Crippen LogP contribution in [0.5, 0.6) is 0 Å². The summed E-state index contributed by atoms with van der Waals surface area (Å²) in [6, 6.07) is 2.70. The van der Waals surface area contributed by atoms with Crippen molar-refractivity contribution >= 4 is 23.0 Å². The lowest BCUT2D eigenvalue weighted by Crippen LogP contribution is -2.46. The molecule has 4 N–H and O–H groups in total. The van der Waals surface area contributed by atoms with Gasteiger partial charge in [0.15, 0.2) is 0 Å². The van der Waals surface area contributed by atoms with Gasteiger partial charge in [0.05, 0.1) is 28.5 Å². The van der Waals surface area contributed by atoms with Crippen LogP contribution in [-0.4, -0.2) is 17.3 Å². The molecule has 1 saturated carbocycles. The molecule has 3 nitrogen and oxygen atoms in total. The van der Waals surface area contributed by atoms with Crippen LogP contribution in [0.2, 0.25) is 5.02 Å². The zero-order valence-electron chi connectivity index (χ0n) is 11.0. The van der Waals surface area contributed by atoms with Crippen LogP contribution in [0.25, 0.3) is 0 Å². The van der Waals surface area contributed by atoms with Gasteiger partial charge in [-0.25, -0.2) is 4.39 Å². The molecule has 1 aromatic carbocycles. The maximum Gasteiger partial charge on any atom is 0.143 e. The van der Waals surface area contributed by atoms with Gasteiger partial charge in [-0.3, -0.25) is 0 Å². The predicted molar refractivity (Wildman–Crippen MR) is 76.9 cm³/mol. The quantitative estimate of drug-likeness (QED) is 0.746. The van der Waals surface area contributed by atoms with E-state index in [2.05, 4.69) is 12.2 Å². The van der Waals surface area contributed by atoms with Gasteiger partial charge in [-0.1, -0.05) is 31.4 Å². The Labute approximate surface area is 117 Å². The summed E-state index contributed by atoms with van der Waals surface area (Å²) in [6.45, 7) is 2.18. The van der Waals surface area contributed by atoms with Crippen molar-refractivity contribution in [2.45, 2.75) is 38.1 Å². The van der Waals surface area contributed by atoms with Crippen molar-refractivity contribution < 1.29 is 9.50 Å². The van der Waals surface area contributed by atoms with Crippen molar-refractivity contribution in [1.29, 1.82) is 0 Å². The first-order valence-electron chi connectivity index (χ1n) is 6.59. The first-order valence-corrected chi connectivity index (χ1v) is 6.97. The van der Waals surface area contributed by atoms with E-state index in [-0.39, 0.29) is 11.6 Å². The number of hydrogen-bond acceptors (Lipinski definition) is 3. The number of anilines is 2. The Hall–Kier alpha value is -1.00. The molecule has 0 saturated heterocycles. The Morgan fingerprint density at radius 1 is 1.58 bits per heavy atom. The summed E-state index contributed by atoms with van der Waals surface area (Å²) in [4.78, 5) is 0. The van der Waals surface area contributed by atoms with Crippen LogP contribution in [0.15, 0.2) is 12.1 Å². The molecule has 19 heavy (non-hydrogen) atoms. The number of nitrogen functional groups attached to an aromatic ring is 1. The van der Waals surface area contributed by atoms with E-state index in [1.54, 1.807) is 0 Å². The van der Waals surface area contributed by atoms with E-state index in [4.69, 9.17) is 17.3 Å². The molecule has 5 heteroatoms. The Balaban J connectivity index is 2.25. The van der Waals surface area contributed by atoms with Crippen LogP contribution in [0.4, 0.5) is 15.8 Å². The highest BCUT2D eigenvalue weighted by Crippen LogP contribution is 2.37. The van der Waals surface area contributed by atoms with Crippen molar-refractivity contribution in [2.24, 2.45) is 5.92 Å². The minimum Gasteiger partial charge on any atom is -0.397 e. The number of nitrogens with two attached hydrogens (primary N) is 1. The van der Waals surface area contributed by atoms with Crippen molar-refractivity contribution in [1.82, 2.24) is 0 Å². The van der Waals surface area contributed by atoms with E-state index in [9.17, 15) is 9.50 Å². The zero-order valence-corrected chi connectivity index (χ0v) is 11.8. The van der Waals surface area contributed by atoms with Crippen LogP contribution < -0.4 is 11.1 Å². The summed E-state index contributed by atoms with van der Waals surface area (Å²) < 4.78 is 13.5. The van der Waals surface area contributed by atoms with Crippen molar-refractivity contribution in [2.75, 3.05) is 17.7 Å². The molecule has 0 aliphatic heterocycles. The molecule has 0 spiro atoms. The van der Waals surface area contributed by atoms with Gasteiger partial charge >= 0.3 is 0 Å². The Morgan fingerprint density at radius 3 is 2.95 bits per heavy atom. The second-order valence-corrected chi connectivity index (χ2v) is 6.03. The van der Waals surface area contributed by atoms with Gasteiger partial charge in [0, 0.05) is 6.07 Å². The number of aliphatic hydroxyl groups is 1. The number of benzene rings is 1. The maximum atomic E-state index is 13.5. The number of hydrogen-bond donors (Lipinski definition) is 3. The maximum absolute atomic E-state index is 13.5. The smallest absolute Gasteiger partial charge is 0.143 e. The Morgan fingerprint density at radius 2 is 2.32 bits per heavy atom. The van der Waals surface area contributed by atoms with E-state index in [0.717, 1.165) is 25.7 Å². The number of halogens is 2. The minimum atomic E-state index is -0.504. The molecule has 1 fully saturated rings. The highest BCUT2D eigenvalue weighted by molar-refractivity contribution is 6.31. The van der Waals surface area contributed by atoms with Crippen molar-refractivity contribution in [3.05, 3.63) is 23.0 Å². The van der Waals surface area contributed by atoms with Gasteiger partial charge in [-0.2, -0.15) is 0 Å². The lowest BCUT2D eigenvalue weighted by Gasteiger charge is -2.40. The SMILES string of the molecule is CC1CCCC(CO)(Nc2cc(F)c(Cl)cc2N)C1. The number of aliphatic hydroxyl groups excluding tert-OH is 1. The normalized spacial score (nSPS) is 27.3. The highest BCUT2D eigenvalue weighted by atomic mass is 35.5. The second kappa shape index (κ2) is 5.55. The summed E-state index contributed by atoms with van der Waals surface area (Å²) in [6.07, 6.45) is 3.92. The highest BCUT2D eigenvalue weighted by Gasteiger charge is 2.34. The molecule has 2 atom stereocenters. The fourth-order valence-electron chi connectivity index (χ4n) is 2.91. The largest absolute Gasteiger partial charge is 0.397 e. The van der Waals surface area contributed by atoms with Crippen LogP contribution >= 0.6 is 11.6 Å². The molecule has 0 aromatic heterocycles. The van der Waals surface area contributed by atoms with Crippen molar-refractivity contribution in [3.8, 4) is 0 Å². The summed E-state index contributed by atoms with van der Waals surface area (Å²) in [5.74, 6) is 0.0297. The van der Waals surface area contributed by atoms with Gasteiger partial charge in [-0.15, -0.1) is 0 Å². The van der Waals surface area contributed by atoms with E-state index in [0.29, 0.717) is 17.3 Å². The molecular formula is C14H20ClFN2O. The van der Waals surface area contributed by atoms with Crippen LogP contribution in [0.1, 0.15) is 32.6 Å². The van der Waals surface area contributed by atoms with Crippen LogP contribution in [0, 0.1) is 11.7 Å². The summed E-state index contributed by atoms with van der Waals surface area (Å²) in [7, 11) is 0. The second-order valence-electron chi connectivity index (χ2n) is 5.62. The number of nitrogens with one attached hydrogen (secondary N) is 1. The topological polar surface area (TPSA) is 58.3 Å². The van der Waals surface area contributed by atoms with Gasteiger partial charge < -0.3 is 16.2 Å².